The number of carbonyl (C=O) groups is 2. The second-order valence-electron chi connectivity index (χ2n) is 6.18. The molecule has 28 heavy (non-hydrogen) atoms. The first-order valence-corrected chi connectivity index (χ1v) is 8.92. The van der Waals surface area contributed by atoms with Crippen LogP contribution in [0.5, 0.6) is 11.5 Å². The molecule has 3 aromatic rings. The molecule has 7 nitrogen and oxygen atoms in total. The van der Waals surface area contributed by atoms with E-state index in [2.05, 4.69) is 10.9 Å². The fourth-order valence-electron chi connectivity index (χ4n) is 2.73. The van der Waals surface area contributed by atoms with Gasteiger partial charge in [-0.25, -0.2) is 0 Å². The maximum absolute atomic E-state index is 12.3. The normalized spacial score (nSPS) is 10.5. The Morgan fingerprint density at radius 1 is 1.00 bits per heavy atom. The minimum atomic E-state index is -0.489. The Bertz CT molecular complexity index is 963. The molecule has 1 aromatic heterocycles. The Morgan fingerprint density at radius 2 is 1.71 bits per heavy atom. The molecule has 0 atom stereocenters. The van der Waals surface area contributed by atoms with Crippen LogP contribution in [0, 0.1) is 6.92 Å². The molecule has 0 radical (unpaired) electrons. The summed E-state index contributed by atoms with van der Waals surface area (Å²) in [6.07, 6.45) is 0.729. The van der Waals surface area contributed by atoms with E-state index in [1.54, 1.807) is 44.4 Å². The van der Waals surface area contributed by atoms with Crippen molar-refractivity contribution in [1.82, 2.24) is 10.9 Å². The molecular weight excluding hydrogens is 360 g/mol. The Hall–Kier alpha value is -3.48. The monoisotopic (exact) mass is 382 g/mol. The molecule has 3 rings (SSSR count). The summed E-state index contributed by atoms with van der Waals surface area (Å²) in [7, 11) is 1.60. The first-order chi connectivity index (χ1) is 13.6. The molecule has 0 unspecified atom stereocenters. The smallest absolute Gasteiger partial charge is 0.305 e. The highest BCUT2D eigenvalue weighted by Crippen LogP contribution is 2.24. The number of aryl methyl sites for hydroxylation is 1. The minimum absolute atomic E-state index is 0.185. The van der Waals surface area contributed by atoms with E-state index < -0.39 is 5.91 Å². The van der Waals surface area contributed by atoms with Crippen molar-refractivity contribution in [2.45, 2.75) is 19.8 Å². The van der Waals surface area contributed by atoms with E-state index in [-0.39, 0.29) is 18.1 Å². The summed E-state index contributed by atoms with van der Waals surface area (Å²) in [6.45, 7) is 2.19. The number of para-hydroxylation sites is 1. The molecule has 0 aliphatic heterocycles. The van der Waals surface area contributed by atoms with Crippen molar-refractivity contribution in [3.63, 3.8) is 0 Å². The number of amides is 2. The van der Waals surface area contributed by atoms with Crippen LogP contribution in [0.1, 0.15) is 29.0 Å². The molecule has 2 aromatic carbocycles. The van der Waals surface area contributed by atoms with Gasteiger partial charge in [-0.05, 0) is 43.7 Å². The third kappa shape index (κ3) is 4.62. The Balaban J connectivity index is 1.41. The summed E-state index contributed by atoms with van der Waals surface area (Å²) in [5, 5.41) is 0.870. The number of fused-ring (bicyclic) bond motifs is 1. The van der Waals surface area contributed by atoms with Crippen LogP contribution in [0.4, 0.5) is 0 Å². The second kappa shape index (κ2) is 8.94. The fourth-order valence-corrected chi connectivity index (χ4v) is 2.73. The van der Waals surface area contributed by atoms with E-state index in [4.69, 9.17) is 13.9 Å². The molecular formula is C21H22N2O5. The van der Waals surface area contributed by atoms with E-state index >= 15 is 0 Å². The van der Waals surface area contributed by atoms with Crippen LogP contribution in [0.3, 0.4) is 0 Å². The van der Waals surface area contributed by atoms with Crippen molar-refractivity contribution in [2.75, 3.05) is 13.7 Å². The van der Waals surface area contributed by atoms with Crippen LogP contribution in [-0.2, 0) is 4.79 Å². The minimum Gasteiger partial charge on any atom is -0.497 e. The van der Waals surface area contributed by atoms with Crippen molar-refractivity contribution in [1.29, 1.82) is 0 Å². The lowest BCUT2D eigenvalue weighted by atomic mass is 10.1. The molecule has 0 aliphatic carbocycles. The summed E-state index contributed by atoms with van der Waals surface area (Å²) < 4.78 is 16.2. The molecule has 0 bridgehead atoms. The summed E-state index contributed by atoms with van der Waals surface area (Å²) >= 11 is 0. The molecule has 0 saturated heterocycles. The van der Waals surface area contributed by atoms with Crippen LogP contribution in [0.25, 0.3) is 11.0 Å². The van der Waals surface area contributed by atoms with E-state index in [0.717, 1.165) is 16.7 Å². The van der Waals surface area contributed by atoms with Gasteiger partial charge in [0.2, 0.25) is 5.91 Å². The lowest BCUT2D eigenvalue weighted by Crippen LogP contribution is -2.41. The topological polar surface area (TPSA) is 89.8 Å². The Morgan fingerprint density at radius 3 is 2.43 bits per heavy atom. The summed E-state index contributed by atoms with van der Waals surface area (Å²) in [4.78, 5) is 24.2. The Labute approximate surface area is 162 Å². The predicted molar refractivity (Wildman–Crippen MR) is 104 cm³/mol. The highest BCUT2D eigenvalue weighted by atomic mass is 16.5. The maximum Gasteiger partial charge on any atom is 0.305 e. The first-order valence-electron chi connectivity index (χ1n) is 8.92. The lowest BCUT2D eigenvalue weighted by molar-refractivity contribution is -0.122. The Kier molecular flexibility index (Phi) is 6.16. The number of methoxy groups -OCH3 is 1. The average molecular weight is 382 g/mol. The van der Waals surface area contributed by atoms with E-state index in [1.165, 1.54) is 0 Å². The zero-order valence-corrected chi connectivity index (χ0v) is 15.8. The van der Waals surface area contributed by atoms with Crippen LogP contribution in [0.15, 0.2) is 52.9 Å². The highest BCUT2D eigenvalue weighted by Gasteiger charge is 2.17. The molecule has 2 amide bonds. The first kappa shape index (κ1) is 19.3. The van der Waals surface area contributed by atoms with Crippen molar-refractivity contribution < 1.29 is 23.5 Å². The number of carbonyl (C=O) groups excluding carboxylic acids is 2. The number of hydrogen-bond donors (Lipinski definition) is 2. The zero-order chi connectivity index (χ0) is 19.9. The molecule has 7 heteroatoms. The van der Waals surface area contributed by atoms with Crippen molar-refractivity contribution in [3.8, 4) is 11.5 Å². The molecule has 0 fully saturated rings. The predicted octanol–water partition coefficient (Wildman–Crippen LogP) is 3.37. The highest BCUT2D eigenvalue weighted by molar-refractivity contribution is 5.99. The van der Waals surface area contributed by atoms with E-state index in [9.17, 15) is 9.59 Å². The van der Waals surface area contributed by atoms with E-state index in [0.29, 0.717) is 24.4 Å². The number of furan rings is 1. The number of nitrogens with one attached hydrogen (secondary N) is 2. The van der Waals surface area contributed by atoms with Crippen LogP contribution in [-0.4, -0.2) is 25.5 Å². The molecule has 0 spiro atoms. The zero-order valence-electron chi connectivity index (χ0n) is 15.8. The van der Waals surface area contributed by atoms with Gasteiger partial charge >= 0.3 is 5.91 Å². The fraction of sp³-hybridized carbons (Fsp3) is 0.238. The SMILES string of the molecule is COc1ccc(OCCCC(=O)NNC(=O)c2oc3ccccc3c2C)cc1. The lowest BCUT2D eigenvalue weighted by Gasteiger charge is -2.08. The molecule has 0 aliphatic rings. The molecule has 1 heterocycles. The van der Waals surface area contributed by atoms with Gasteiger partial charge in [0, 0.05) is 17.4 Å². The van der Waals surface area contributed by atoms with Gasteiger partial charge in [0.05, 0.1) is 13.7 Å². The quantitative estimate of drug-likeness (QED) is 0.483. The molecule has 146 valence electrons. The maximum atomic E-state index is 12.3. The molecule has 0 saturated carbocycles. The number of benzene rings is 2. The van der Waals surface area contributed by atoms with Crippen LogP contribution < -0.4 is 20.3 Å². The van der Waals surface area contributed by atoms with Crippen LogP contribution >= 0.6 is 0 Å². The number of hydrazine groups is 1. The summed E-state index contributed by atoms with van der Waals surface area (Å²) in [5.41, 5.74) is 6.14. The third-order valence-electron chi connectivity index (χ3n) is 4.24. The summed E-state index contributed by atoms with van der Waals surface area (Å²) in [5.74, 6) is 0.846. The average Bonchev–Trinajstić information content (AvgIpc) is 3.07. The van der Waals surface area contributed by atoms with Crippen LogP contribution in [0.2, 0.25) is 0 Å². The number of ether oxygens (including phenoxy) is 2. The van der Waals surface area contributed by atoms with Gasteiger partial charge in [-0.3, -0.25) is 20.4 Å². The van der Waals surface area contributed by atoms with Gasteiger partial charge in [0.15, 0.2) is 5.76 Å². The van der Waals surface area contributed by atoms with Gasteiger partial charge in [-0.1, -0.05) is 18.2 Å². The van der Waals surface area contributed by atoms with Gasteiger partial charge in [-0.2, -0.15) is 0 Å². The molecule has 2 N–H and O–H groups in total. The van der Waals surface area contributed by atoms with E-state index in [1.807, 2.05) is 18.2 Å². The standard InChI is InChI=1S/C21H22N2O5/c1-14-17-6-3-4-7-18(17)28-20(14)21(25)23-22-19(24)8-5-13-27-16-11-9-15(26-2)10-12-16/h3-4,6-7,9-12H,5,8,13H2,1-2H3,(H,22,24)(H,23,25). The summed E-state index contributed by atoms with van der Waals surface area (Å²) in [6, 6.07) is 14.6. The van der Waals surface area contributed by atoms with Gasteiger partial charge in [0.25, 0.3) is 0 Å². The number of hydrogen-bond acceptors (Lipinski definition) is 5. The van der Waals surface area contributed by atoms with Gasteiger partial charge in [0.1, 0.15) is 17.1 Å². The largest absolute Gasteiger partial charge is 0.497 e. The van der Waals surface area contributed by atoms with Gasteiger partial charge in [-0.15, -0.1) is 0 Å². The second-order valence-corrected chi connectivity index (χ2v) is 6.18. The third-order valence-corrected chi connectivity index (χ3v) is 4.24. The number of rotatable bonds is 7. The van der Waals surface area contributed by atoms with Gasteiger partial charge < -0.3 is 13.9 Å². The van der Waals surface area contributed by atoms with Crippen molar-refractivity contribution in [3.05, 3.63) is 59.9 Å². The van der Waals surface area contributed by atoms with Crippen molar-refractivity contribution >= 4 is 22.8 Å². The van der Waals surface area contributed by atoms with Crippen molar-refractivity contribution in [2.24, 2.45) is 0 Å².